The van der Waals surface area contributed by atoms with Crippen molar-refractivity contribution in [2.24, 2.45) is 0 Å². The lowest BCUT2D eigenvalue weighted by Gasteiger charge is -2.24. The van der Waals surface area contributed by atoms with E-state index in [0.29, 0.717) is 4.91 Å². The number of carbonyl (C=O) groups excluding carboxylic acids is 2. The van der Waals surface area contributed by atoms with Gasteiger partial charge in [0.1, 0.15) is 16.0 Å². The third-order valence-corrected chi connectivity index (χ3v) is 5.31. The molecule has 1 aromatic carbocycles. The van der Waals surface area contributed by atoms with Crippen molar-refractivity contribution >= 4 is 58.0 Å². The topological polar surface area (TPSA) is 99.2 Å². The van der Waals surface area contributed by atoms with E-state index in [9.17, 15) is 19.5 Å². The summed E-state index contributed by atoms with van der Waals surface area (Å²) in [7, 11) is 3.87. The molecule has 1 saturated heterocycles. The SMILES string of the molecule is CN(C)c1ccc(/C=C2/SC(=S)N(C[C@H](NC(=O)OC(C)(C)C)C(=O)O)C2=O)cc1. The smallest absolute Gasteiger partial charge is 0.408 e. The average molecular weight is 452 g/mol. The van der Waals surface area contributed by atoms with Gasteiger partial charge in [-0.15, -0.1) is 0 Å². The predicted molar refractivity (Wildman–Crippen MR) is 121 cm³/mol. The number of ether oxygens (including phenoxy) is 1. The number of aliphatic carboxylic acids is 1. The van der Waals surface area contributed by atoms with Crippen molar-refractivity contribution in [3.8, 4) is 0 Å². The average Bonchev–Trinajstić information content (AvgIpc) is 2.87. The summed E-state index contributed by atoms with van der Waals surface area (Å²) in [5.41, 5.74) is 1.07. The Morgan fingerprint density at radius 1 is 1.30 bits per heavy atom. The van der Waals surface area contributed by atoms with Crippen LogP contribution in [0.25, 0.3) is 6.08 Å². The number of carbonyl (C=O) groups is 3. The largest absolute Gasteiger partial charge is 0.480 e. The maximum absolute atomic E-state index is 12.8. The Bertz CT molecular complexity index is 875. The second-order valence-electron chi connectivity index (χ2n) is 7.82. The fourth-order valence-corrected chi connectivity index (χ4v) is 3.77. The summed E-state index contributed by atoms with van der Waals surface area (Å²) in [4.78, 5) is 39.8. The van der Waals surface area contributed by atoms with Crippen LogP contribution in [0.2, 0.25) is 0 Å². The molecule has 1 aliphatic rings. The molecular formula is C20H25N3O5S2. The molecule has 0 radical (unpaired) electrons. The van der Waals surface area contributed by atoms with Crippen molar-refractivity contribution in [2.75, 3.05) is 25.5 Å². The van der Waals surface area contributed by atoms with E-state index in [-0.39, 0.29) is 10.9 Å². The van der Waals surface area contributed by atoms with Crippen molar-refractivity contribution in [1.29, 1.82) is 0 Å². The zero-order chi connectivity index (χ0) is 22.6. The van der Waals surface area contributed by atoms with Gasteiger partial charge in [0.05, 0.1) is 11.4 Å². The van der Waals surface area contributed by atoms with E-state index in [1.165, 1.54) is 4.90 Å². The highest BCUT2D eigenvalue weighted by Gasteiger charge is 2.36. The predicted octanol–water partition coefficient (Wildman–Crippen LogP) is 2.93. The highest BCUT2D eigenvalue weighted by atomic mass is 32.2. The standard InChI is InChI=1S/C20H25N3O5S2/c1-20(2,3)28-18(27)21-14(17(25)26)11-23-16(24)15(30-19(23)29)10-12-6-8-13(9-7-12)22(4)5/h6-10,14H,11H2,1-5H3,(H,21,27)(H,25,26)/b15-10+/t14-/m0/s1. The summed E-state index contributed by atoms with van der Waals surface area (Å²) in [5.74, 6) is -1.70. The second kappa shape index (κ2) is 9.48. The van der Waals surface area contributed by atoms with E-state index >= 15 is 0 Å². The molecule has 1 heterocycles. The van der Waals surface area contributed by atoms with Gasteiger partial charge < -0.3 is 20.1 Å². The van der Waals surface area contributed by atoms with Gasteiger partial charge in [0.25, 0.3) is 5.91 Å². The minimum Gasteiger partial charge on any atom is -0.480 e. The quantitative estimate of drug-likeness (QED) is 0.503. The number of thioether (sulfide) groups is 1. The Hall–Kier alpha value is -2.59. The Labute approximate surface area is 185 Å². The van der Waals surface area contributed by atoms with Gasteiger partial charge in [0.15, 0.2) is 0 Å². The third kappa shape index (κ3) is 6.46. The van der Waals surface area contributed by atoms with E-state index in [0.717, 1.165) is 23.0 Å². The Morgan fingerprint density at radius 2 is 1.90 bits per heavy atom. The van der Waals surface area contributed by atoms with Gasteiger partial charge >= 0.3 is 12.1 Å². The van der Waals surface area contributed by atoms with Gasteiger partial charge in [-0.1, -0.05) is 36.1 Å². The summed E-state index contributed by atoms with van der Waals surface area (Å²) in [6.45, 7) is 4.71. The maximum atomic E-state index is 12.8. The number of carboxylic acid groups (broad SMARTS) is 1. The van der Waals surface area contributed by atoms with Gasteiger partial charge in [-0.05, 0) is 44.5 Å². The van der Waals surface area contributed by atoms with Gasteiger partial charge in [-0.25, -0.2) is 9.59 Å². The Balaban J connectivity index is 2.12. The highest BCUT2D eigenvalue weighted by Crippen LogP contribution is 2.33. The first-order valence-electron chi connectivity index (χ1n) is 9.12. The van der Waals surface area contributed by atoms with Crippen LogP contribution in [0.5, 0.6) is 0 Å². The van der Waals surface area contributed by atoms with Crippen molar-refractivity contribution in [1.82, 2.24) is 10.2 Å². The summed E-state index contributed by atoms with van der Waals surface area (Å²) < 4.78 is 5.32. The number of anilines is 1. The molecule has 162 valence electrons. The van der Waals surface area contributed by atoms with Crippen molar-refractivity contribution in [2.45, 2.75) is 32.4 Å². The lowest BCUT2D eigenvalue weighted by Crippen LogP contribution is -2.50. The Morgan fingerprint density at radius 3 is 2.40 bits per heavy atom. The monoisotopic (exact) mass is 451 g/mol. The normalized spacial score (nSPS) is 16.6. The number of alkyl carbamates (subject to hydrolysis) is 1. The third-order valence-electron chi connectivity index (χ3n) is 3.94. The zero-order valence-electron chi connectivity index (χ0n) is 17.5. The van der Waals surface area contributed by atoms with Crippen LogP contribution in [-0.4, -0.2) is 64.6 Å². The summed E-state index contributed by atoms with van der Waals surface area (Å²) in [6, 6.07) is 6.26. The molecule has 1 atom stereocenters. The molecule has 0 saturated carbocycles. The minimum atomic E-state index is -1.36. The van der Waals surface area contributed by atoms with Gasteiger partial charge in [0, 0.05) is 19.8 Å². The fourth-order valence-electron chi connectivity index (χ4n) is 2.50. The Kier molecular flexibility index (Phi) is 7.49. The van der Waals surface area contributed by atoms with E-state index in [4.69, 9.17) is 17.0 Å². The first kappa shape index (κ1) is 23.7. The van der Waals surface area contributed by atoms with Crippen LogP contribution in [0.15, 0.2) is 29.2 Å². The van der Waals surface area contributed by atoms with E-state index < -0.39 is 29.6 Å². The molecule has 2 rings (SSSR count). The molecule has 1 fully saturated rings. The minimum absolute atomic E-state index is 0.230. The summed E-state index contributed by atoms with van der Waals surface area (Å²) >= 11 is 6.35. The van der Waals surface area contributed by atoms with Crippen molar-refractivity contribution in [3.05, 3.63) is 34.7 Å². The van der Waals surface area contributed by atoms with E-state index in [1.807, 2.05) is 43.3 Å². The molecule has 0 bridgehead atoms. The van der Waals surface area contributed by atoms with Gasteiger partial charge in [-0.3, -0.25) is 9.69 Å². The molecule has 2 N–H and O–H groups in total. The molecule has 8 nitrogen and oxygen atoms in total. The lowest BCUT2D eigenvalue weighted by molar-refractivity contribution is -0.140. The van der Waals surface area contributed by atoms with Crippen molar-refractivity contribution in [3.63, 3.8) is 0 Å². The van der Waals surface area contributed by atoms with Crippen LogP contribution in [0.1, 0.15) is 26.3 Å². The first-order chi connectivity index (χ1) is 13.9. The number of benzene rings is 1. The number of nitrogens with one attached hydrogen (secondary N) is 1. The van der Waals surface area contributed by atoms with Crippen LogP contribution in [0, 0.1) is 0 Å². The molecular weight excluding hydrogens is 426 g/mol. The molecule has 0 spiro atoms. The number of thiocarbonyl (C=S) groups is 1. The highest BCUT2D eigenvalue weighted by molar-refractivity contribution is 8.26. The first-order valence-corrected chi connectivity index (χ1v) is 10.3. The lowest BCUT2D eigenvalue weighted by atomic mass is 10.2. The number of carboxylic acids is 1. The van der Waals surface area contributed by atoms with Crippen LogP contribution >= 0.6 is 24.0 Å². The van der Waals surface area contributed by atoms with Crippen molar-refractivity contribution < 1.29 is 24.2 Å². The molecule has 0 unspecified atom stereocenters. The number of nitrogens with zero attached hydrogens (tertiary/aromatic N) is 2. The molecule has 1 aromatic rings. The van der Waals surface area contributed by atoms with Crippen LogP contribution < -0.4 is 10.2 Å². The number of amides is 2. The maximum Gasteiger partial charge on any atom is 0.408 e. The second-order valence-corrected chi connectivity index (χ2v) is 9.49. The summed E-state index contributed by atoms with van der Waals surface area (Å²) in [5, 5.41) is 11.7. The summed E-state index contributed by atoms with van der Waals surface area (Å²) in [6.07, 6.45) is 0.826. The number of hydrogen-bond acceptors (Lipinski definition) is 7. The van der Waals surface area contributed by atoms with Crippen LogP contribution in [0.3, 0.4) is 0 Å². The molecule has 1 aliphatic heterocycles. The molecule has 10 heteroatoms. The molecule has 2 amide bonds. The van der Waals surface area contributed by atoms with Gasteiger partial charge in [-0.2, -0.15) is 0 Å². The van der Waals surface area contributed by atoms with Gasteiger partial charge in [0.2, 0.25) is 0 Å². The molecule has 0 aliphatic carbocycles. The zero-order valence-corrected chi connectivity index (χ0v) is 19.1. The number of rotatable bonds is 6. The molecule has 0 aromatic heterocycles. The van der Waals surface area contributed by atoms with Crippen LogP contribution in [-0.2, 0) is 14.3 Å². The fraction of sp³-hybridized carbons (Fsp3) is 0.400. The molecule has 30 heavy (non-hydrogen) atoms. The van der Waals surface area contributed by atoms with E-state index in [1.54, 1.807) is 26.8 Å². The van der Waals surface area contributed by atoms with E-state index in [2.05, 4.69) is 5.32 Å². The van der Waals surface area contributed by atoms with Crippen LogP contribution in [0.4, 0.5) is 10.5 Å². The number of hydrogen-bond donors (Lipinski definition) is 2.